The molecule has 0 unspecified atom stereocenters. The summed E-state index contributed by atoms with van der Waals surface area (Å²) >= 11 is 1.86. The molecule has 1 aliphatic carbocycles. The maximum absolute atomic E-state index is 12.0. The van der Waals surface area contributed by atoms with Crippen LogP contribution in [0.15, 0.2) is 18.2 Å². The quantitative estimate of drug-likeness (QED) is 0.822. The summed E-state index contributed by atoms with van der Waals surface area (Å²) in [5, 5.41) is 3.02. The second kappa shape index (κ2) is 5.22. The van der Waals surface area contributed by atoms with Gasteiger partial charge in [0, 0.05) is 22.5 Å². The van der Waals surface area contributed by atoms with E-state index >= 15 is 0 Å². The summed E-state index contributed by atoms with van der Waals surface area (Å²) < 4.78 is 0.270. The zero-order valence-corrected chi connectivity index (χ0v) is 11.8. The summed E-state index contributed by atoms with van der Waals surface area (Å²) in [7, 11) is 0. The average molecular weight is 264 g/mol. The number of nitrogens with one attached hydrogen (secondary N) is 1. The van der Waals surface area contributed by atoms with Crippen LogP contribution in [0.3, 0.4) is 0 Å². The van der Waals surface area contributed by atoms with Gasteiger partial charge in [-0.15, -0.1) is 0 Å². The molecule has 3 N–H and O–H groups in total. The Morgan fingerprint density at radius 2 is 2.22 bits per heavy atom. The van der Waals surface area contributed by atoms with Crippen LogP contribution in [0, 0.1) is 6.92 Å². The number of hydrogen-bond acceptors (Lipinski definition) is 3. The molecule has 0 radical (unpaired) electrons. The Balaban J connectivity index is 1.97. The summed E-state index contributed by atoms with van der Waals surface area (Å²) in [5.74, 6) is -0.0259. The number of anilines is 1. The molecule has 1 aromatic carbocycles. The molecule has 2 rings (SSSR count). The van der Waals surface area contributed by atoms with Gasteiger partial charge in [-0.2, -0.15) is 11.8 Å². The Morgan fingerprint density at radius 1 is 1.50 bits per heavy atom. The number of carbonyl (C=O) groups is 1. The monoisotopic (exact) mass is 264 g/mol. The van der Waals surface area contributed by atoms with Gasteiger partial charge >= 0.3 is 0 Å². The van der Waals surface area contributed by atoms with Crippen molar-refractivity contribution in [2.24, 2.45) is 0 Å². The van der Waals surface area contributed by atoms with Gasteiger partial charge in [0.25, 0.3) is 5.91 Å². The summed E-state index contributed by atoms with van der Waals surface area (Å²) in [4.78, 5) is 12.0. The van der Waals surface area contributed by atoms with Crippen molar-refractivity contribution in [1.82, 2.24) is 5.32 Å². The van der Waals surface area contributed by atoms with Gasteiger partial charge in [-0.05, 0) is 43.7 Å². The highest BCUT2D eigenvalue weighted by Gasteiger charge is 2.36. The first-order valence-corrected chi connectivity index (χ1v) is 7.48. The molecule has 1 saturated carbocycles. The highest BCUT2D eigenvalue weighted by atomic mass is 32.2. The van der Waals surface area contributed by atoms with Gasteiger partial charge in [-0.1, -0.05) is 12.5 Å². The molecule has 4 heteroatoms. The van der Waals surface area contributed by atoms with E-state index in [0.29, 0.717) is 11.3 Å². The number of carbonyl (C=O) groups excluding carboxylic acids is 1. The van der Waals surface area contributed by atoms with E-state index in [0.717, 1.165) is 12.1 Å². The minimum Gasteiger partial charge on any atom is -0.398 e. The summed E-state index contributed by atoms with van der Waals surface area (Å²) in [6.45, 7) is 2.69. The van der Waals surface area contributed by atoms with Crippen LogP contribution in [0.1, 0.15) is 35.2 Å². The first kappa shape index (κ1) is 13.3. The molecule has 98 valence electrons. The van der Waals surface area contributed by atoms with Gasteiger partial charge in [0.2, 0.25) is 0 Å². The van der Waals surface area contributed by atoms with Crippen LogP contribution in [0.5, 0.6) is 0 Å². The molecule has 0 saturated heterocycles. The Kier molecular flexibility index (Phi) is 3.85. The van der Waals surface area contributed by atoms with Crippen molar-refractivity contribution in [3.63, 3.8) is 0 Å². The molecule has 1 fully saturated rings. The molecule has 0 atom stereocenters. The van der Waals surface area contributed by atoms with E-state index in [1.807, 2.05) is 30.8 Å². The SMILES string of the molecule is CSC1(CNC(=O)c2ccc(C)c(N)c2)CCC1. The lowest BCUT2D eigenvalue weighted by Gasteiger charge is -2.40. The molecule has 3 nitrogen and oxygen atoms in total. The Labute approximate surface area is 113 Å². The Bertz CT molecular complexity index is 450. The van der Waals surface area contributed by atoms with Crippen molar-refractivity contribution in [2.75, 3.05) is 18.5 Å². The van der Waals surface area contributed by atoms with Crippen LogP contribution in [-0.2, 0) is 0 Å². The molecule has 1 aliphatic rings. The van der Waals surface area contributed by atoms with Gasteiger partial charge in [0.05, 0.1) is 0 Å². The Morgan fingerprint density at radius 3 is 2.72 bits per heavy atom. The number of thioether (sulfide) groups is 1. The molecular formula is C14H20N2OS. The van der Waals surface area contributed by atoms with Gasteiger partial charge in [-0.25, -0.2) is 0 Å². The van der Waals surface area contributed by atoms with Crippen LogP contribution in [0.4, 0.5) is 5.69 Å². The largest absolute Gasteiger partial charge is 0.398 e. The van der Waals surface area contributed by atoms with Crippen LogP contribution in [0.25, 0.3) is 0 Å². The summed E-state index contributed by atoms with van der Waals surface area (Å²) in [6.07, 6.45) is 5.79. The van der Waals surface area contributed by atoms with Crippen LogP contribution in [0.2, 0.25) is 0 Å². The summed E-state index contributed by atoms with van der Waals surface area (Å²) in [6, 6.07) is 5.46. The first-order chi connectivity index (χ1) is 8.56. The number of nitrogens with two attached hydrogens (primary N) is 1. The lowest BCUT2D eigenvalue weighted by molar-refractivity contribution is 0.0944. The van der Waals surface area contributed by atoms with E-state index in [1.165, 1.54) is 19.3 Å². The summed E-state index contributed by atoms with van der Waals surface area (Å²) in [5.41, 5.74) is 8.14. The molecule has 18 heavy (non-hydrogen) atoms. The standard InChI is InChI=1S/C14H20N2OS/c1-10-4-5-11(8-12(10)15)13(17)16-9-14(18-2)6-3-7-14/h4-5,8H,3,6-7,9,15H2,1-2H3,(H,16,17). The van der Waals surface area contributed by atoms with Crippen molar-refractivity contribution in [3.8, 4) is 0 Å². The van der Waals surface area contributed by atoms with Gasteiger partial charge < -0.3 is 11.1 Å². The van der Waals surface area contributed by atoms with E-state index in [9.17, 15) is 4.79 Å². The van der Waals surface area contributed by atoms with E-state index in [2.05, 4.69) is 11.6 Å². The first-order valence-electron chi connectivity index (χ1n) is 6.26. The van der Waals surface area contributed by atoms with E-state index < -0.39 is 0 Å². The fraction of sp³-hybridized carbons (Fsp3) is 0.500. The lowest BCUT2D eigenvalue weighted by Crippen LogP contribution is -2.45. The minimum absolute atomic E-state index is 0.0259. The number of rotatable bonds is 4. The highest BCUT2D eigenvalue weighted by Crippen LogP contribution is 2.42. The third kappa shape index (κ3) is 2.64. The van der Waals surface area contributed by atoms with Gasteiger partial charge in [0.15, 0.2) is 0 Å². The molecule has 0 aliphatic heterocycles. The fourth-order valence-electron chi connectivity index (χ4n) is 2.15. The second-order valence-corrected chi connectivity index (χ2v) is 6.27. The van der Waals surface area contributed by atoms with E-state index in [-0.39, 0.29) is 10.7 Å². The van der Waals surface area contributed by atoms with Crippen LogP contribution >= 0.6 is 11.8 Å². The zero-order chi connectivity index (χ0) is 13.2. The molecule has 0 heterocycles. The number of benzene rings is 1. The van der Waals surface area contributed by atoms with Crippen molar-refractivity contribution in [3.05, 3.63) is 29.3 Å². The smallest absolute Gasteiger partial charge is 0.251 e. The van der Waals surface area contributed by atoms with E-state index in [4.69, 9.17) is 5.73 Å². The van der Waals surface area contributed by atoms with Crippen molar-refractivity contribution < 1.29 is 4.79 Å². The fourth-order valence-corrected chi connectivity index (χ4v) is 3.06. The number of nitrogen functional groups attached to an aromatic ring is 1. The van der Waals surface area contributed by atoms with E-state index in [1.54, 1.807) is 6.07 Å². The zero-order valence-electron chi connectivity index (χ0n) is 11.0. The Hall–Kier alpha value is -1.16. The topological polar surface area (TPSA) is 55.1 Å². The third-order valence-electron chi connectivity index (χ3n) is 3.81. The van der Waals surface area contributed by atoms with Crippen molar-refractivity contribution in [1.29, 1.82) is 0 Å². The maximum Gasteiger partial charge on any atom is 0.251 e. The predicted octanol–water partition coefficient (Wildman–Crippen LogP) is 2.59. The second-order valence-electron chi connectivity index (χ2n) is 4.99. The van der Waals surface area contributed by atoms with Crippen molar-refractivity contribution >= 4 is 23.4 Å². The molecule has 0 spiro atoms. The molecule has 1 amide bonds. The normalized spacial score (nSPS) is 17.0. The van der Waals surface area contributed by atoms with Gasteiger partial charge in [0.1, 0.15) is 0 Å². The van der Waals surface area contributed by atoms with Gasteiger partial charge in [-0.3, -0.25) is 4.79 Å². The number of hydrogen-bond donors (Lipinski definition) is 2. The predicted molar refractivity (Wildman–Crippen MR) is 78.0 cm³/mol. The van der Waals surface area contributed by atoms with Crippen LogP contribution < -0.4 is 11.1 Å². The third-order valence-corrected chi connectivity index (χ3v) is 5.23. The molecule has 0 aromatic heterocycles. The van der Waals surface area contributed by atoms with Crippen LogP contribution in [-0.4, -0.2) is 23.5 Å². The molecular weight excluding hydrogens is 244 g/mol. The average Bonchev–Trinajstić information content (AvgIpc) is 2.31. The van der Waals surface area contributed by atoms with Crippen molar-refractivity contribution in [2.45, 2.75) is 30.9 Å². The number of amides is 1. The number of aryl methyl sites for hydroxylation is 1. The molecule has 0 bridgehead atoms. The minimum atomic E-state index is -0.0259. The lowest BCUT2D eigenvalue weighted by atomic mass is 9.84. The highest BCUT2D eigenvalue weighted by molar-refractivity contribution is 8.00. The maximum atomic E-state index is 12.0. The molecule has 1 aromatic rings.